The number of aromatic nitrogens is 2. The van der Waals surface area contributed by atoms with Crippen LogP contribution in [0.4, 0.5) is 10.7 Å². The van der Waals surface area contributed by atoms with Crippen LogP contribution >= 0.6 is 0 Å². The largest absolute Gasteiger partial charge is 0.481 e. The molecule has 2 amide bonds. The van der Waals surface area contributed by atoms with E-state index in [1.165, 1.54) is 0 Å². The average Bonchev–Trinajstić information content (AvgIpc) is 2.46. The second-order valence-corrected chi connectivity index (χ2v) is 4.96. The fourth-order valence-corrected chi connectivity index (χ4v) is 2.36. The van der Waals surface area contributed by atoms with E-state index in [0.29, 0.717) is 25.3 Å². The van der Waals surface area contributed by atoms with E-state index in [1.807, 2.05) is 0 Å². The predicted octanol–water partition coefficient (Wildman–Crippen LogP) is 1.49. The van der Waals surface area contributed by atoms with Gasteiger partial charge in [0.15, 0.2) is 0 Å². The van der Waals surface area contributed by atoms with Gasteiger partial charge in [0.05, 0.1) is 5.92 Å². The summed E-state index contributed by atoms with van der Waals surface area (Å²) in [6.45, 7) is 0.547. The quantitative estimate of drug-likeness (QED) is 0.774. The number of carboxylic acids is 1. The Bertz CT molecular complexity index is 458. The van der Waals surface area contributed by atoms with Crippen LogP contribution in [0.2, 0.25) is 0 Å². The van der Waals surface area contributed by atoms with E-state index >= 15 is 0 Å². The molecule has 7 nitrogen and oxygen atoms in total. The summed E-state index contributed by atoms with van der Waals surface area (Å²) in [6.07, 6.45) is 6.14. The lowest BCUT2D eigenvalue weighted by Gasteiger charge is -2.26. The van der Waals surface area contributed by atoms with Gasteiger partial charge in [0, 0.05) is 18.9 Å². The number of nitrogens with zero attached hydrogens (tertiary/aromatic N) is 2. The minimum atomic E-state index is -0.713. The Balaban J connectivity index is 1.68. The number of carboxylic acid groups (broad SMARTS) is 1. The van der Waals surface area contributed by atoms with Crippen LogP contribution in [0.5, 0.6) is 0 Å². The van der Waals surface area contributed by atoms with Crippen LogP contribution in [-0.2, 0) is 4.79 Å². The van der Waals surface area contributed by atoms with Gasteiger partial charge in [-0.1, -0.05) is 0 Å². The topological polar surface area (TPSA) is 104 Å². The van der Waals surface area contributed by atoms with Crippen molar-refractivity contribution in [1.29, 1.82) is 0 Å². The molecule has 1 aliphatic rings. The number of carbonyl (C=O) groups is 2. The first-order chi connectivity index (χ1) is 9.65. The van der Waals surface area contributed by atoms with E-state index in [1.54, 1.807) is 18.5 Å². The molecule has 7 heteroatoms. The van der Waals surface area contributed by atoms with Gasteiger partial charge in [-0.2, -0.15) is 0 Å². The first-order valence-corrected chi connectivity index (χ1v) is 6.70. The first-order valence-electron chi connectivity index (χ1n) is 6.70. The van der Waals surface area contributed by atoms with Gasteiger partial charge in [-0.15, -0.1) is 0 Å². The maximum absolute atomic E-state index is 11.6. The Kier molecular flexibility index (Phi) is 4.86. The zero-order valence-corrected chi connectivity index (χ0v) is 11.1. The number of hydrogen-bond acceptors (Lipinski definition) is 4. The number of amides is 2. The normalized spacial score (nSPS) is 22.0. The molecule has 2 rings (SSSR count). The van der Waals surface area contributed by atoms with Gasteiger partial charge in [0.2, 0.25) is 5.95 Å². The van der Waals surface area contributed by atoms with E-state index in [-0.39, 0.29) is 17.9 Å². The van der Waals surface area contributed by atoms with Crippen molar-refractivity contribution in [1.82, 2.24) is 15.3 Å². The molecule has 108 valence electrons. The number of aliphatic carboxylic acids is 1. The van der Waals surface area contributed by atoms with Crippen LogP contribution in [-0.4, -0.2) is 33.6 Å². The molecule has 0 aromatic carbocycles. The van der Waals surface area contributed by atoms with Crippen molar-refractivity contribution < 1.29 is 14.7 Å². The van der Waals surface area contributed by atoms with E-state index < -0.39 is 5.97 Å². The molecule has 0 bridgehead atoms. The second-order valence-electron chi connectivity index (χ2n) is 4.96. The van der Waals surface area contributed by atoms with Gasteiger partial charge in [-0.3, -0.25) is 10.1 Å². The molecular formula is C13H18N4O3. The molecule has 1 aromatic rings. The maximum atomic E-state index is 11.6. The highest BCUT2D eigenvalue weighted by molar-refractivity contribution is 5.87. The van der Waals surface area contributed by atoms with E-state index in [4.69, 9.17) is 5.11 Å². The van der Waals surface area contributed by atoms with Crippen LogP contribution in [0.3, 0.4) is 0 Å². The number of urea groups is 1. The molecule has 3 N–H and O–H groups in total. The standard InChI is InChI=1S/C13H18N4O3/c18-11(19)10-4-2-9(3-5-10)8-16-13(20)17-12-14-6-1-7-15-12/h1,6-7,9-10H,2-5,8H2,(H,18,19)(H2,14,15,16,17,20). The Morgan fingerprint density at radius 3 is 2.45 bits per heavy atom. The third-order valence-corrected chi connectivity index (χ3v) is 3.54. The van der Waals surface area contributed by atoms with Crippen LogP contribution in [0, 0.1) is 11.8 Å². The third-order valence-electron chi connectivity index (χ3n) is 3.54. The molecular weight excluding hydrogens is 260 g/mol. The molecule has 0 spiro atoms. The van der Waals surface area contributed by atoms with Gasteiger partial charge < -0.3 is 10.4 Å². The van der Waals surface area contributed by atoms with E-state index in [0.717, 1.165) is 12.8 Å². The SMILES string of the molecule is O=C(NCC1CCC(C(=O)O)CC1)Nc1ncccn1. The lowest BCUT2D eigenvalue weighted by atomic mass is 9.82. The van der Waals surface area contributed by atoms with Gasteiger partial charge in [0.1, 0.15) is 0 Å². The third kappa shape index (κ3) is 4.18. The Morgan fingerprint density at radius 2 is 1.85 bits per heavy atom. The fraction of sp³-hybridized carbons (Fsp3) is 0.538. The van der Waals surface area contributed by atoms with E-state index in [2.05, 4.69) is 20.6 Å². The highest BCUT2D eigenvalue weighted by Crippen LogP contribution is 2.28. The van der Waals surface area contributed by atoms with Crippen molar-refractivity contribution in [3.63, 3.8) is 0 Å². The first kappa shape index (κ1) is 14.2. The van der Waals surface area contributed by atoms with Crippen molar-refractivity contribution in [3.8, 4) is 0 Å². The summed E-state index contributed by atoms with van der Waals surface area (Å²) in [6, 6.07) is 1.33. The minimum Gasteiger partial charge on any atom is -0.481 e. The molecule has 0 aliphatic heterocycles. The molecule has 0 atom stereocenters. The Morgan fingerprint density at radius 1 is 1.20 bits per heavy atom. The summed E-state index contributed by atoms with van der Waals surface area (Å²) in [5, 5.41) is 14.2. The highest BCUT2D eigenvalue weighted by atomic mass is 16.4. The monoisotopic (exact) mass is 278 g/mol. The van der Waals surface area contributed by atoms with Crippen molar-refractivity contribution in [2.45, 2.75) is 25.7 Å². The lowest BCUT2D eigenvalue weighted by molar-refractivity contribution is -0.143. The number of hydrogen-bond donors (Lipinski definition) is 3. The smallest absolute Gasteiger partial charge is 0.321 e. The molecule has 1 saturated carbocycles. The molecule has 0 radical (unpaired) electrons. The summed E-state index contributed by atoms with van der Waals surface area (Å²) in [5.41, 5.74) is 0. The van der Waals surface area contributed by atoms with Crippen LogP contribution < -0.4 is 10.6 Å². The summed E-state index contributed by atoms with van der Waals surface area (Å²) in [7, 11) is 0. The second kappa shape index (κ2) is 6.83. The summed E-state index contributed by atoms with van der Waals surface area (Å²) in [5.74, 6) is -0.333. The van der Waals surface area contributed by atoms with Crippen molar-refractivity contribution in [3.05, 3.63) is 18.5 Å². The maximum Gasteiger partial charge on any atom is 0.321 e. The predicted molar refractivity (Wildman–Crippen MR) is 72.1 cm³/mol. The van der Waals surface area contributed by atoms with Gasteiger partial charge in [0.25, 0.3) is 0 Å². The zero-order valence-electron chi connectivity index (χ0n) is 11.1. The van der Waals surface area contributed by atoms with Crippen molar-refractivity contribution in [2.75, 3.05) is 11.9 Å². The molecule has 20 heavy (non-hydrogen) atoms. The Labute approximate surface area is 116 Å². The van der Waals surface area contributed by atoms with Crippen LogP contribution in [0.15, 0.2) is 18.5 Å². The molecule has 1 aliphatic carbocycles. The minimum absolute atomic E-state index is 0.224. The number of anilines is 1. The van der Waals surface area contributed by atoms with Gasteiger partial charge in [-0.25, -0.2) is 14.8 Å². The fourth-order valence-electron chi connectivity index (χ4n) is 2.36. The molecule has 0 saturated heterocycles. The Hall–Kier alpha value is -2.18. The van der Waals surface area contributed by atoms with Gasteiger partial charge in [-0.05, 0) is 37.7 Å². The number of rotatable bonds is 4. The van der Waals surface area contributed by atoms with Gasteiger partial charge >= 0.3 is 12.0 Å². The van der Waals surface area contributed by atoms with Crippen molar-refractivity contribution >= 4 is 17.9 Å². The molecule has 1 fully saturated rings. The highest BCUT2D eigenvalue weighted by Gasteiger charge is 2.25. The molecule has 1 aromatic heterocycles. The summed E-state index contributed by atoms with van der Waals surface area (Å²) >= 11 is 0. The summed E-state index contributed by atoms with van der Waals surface area (Å²) in [4.78, 5) is 30.3. The van der Waals surface area contributed by atoms with Crippen molar-refractivity contribution in [2.24, 2.45) is 11.8 Å². The van der Waals surface area contributed by atoms with Crippen LogP contribution in [0.25, 0.3) is 0 Å². The number of nitrogens with one attached hydrogen (secondary N) is 2. The van der Waals surface area contributed by atoms with Crippen LogP contribution in [0.1, 0.15) is 25.7 Å². The molecule has 1 heterocycles. The number of carbonyl (C=O) groups excluding carboxylic acids is 1. The zero-order chi connectivity index (χ0) is 14.4. The van der Waals surface area contributed by atoms with E-state index in [9.17, 15) is 9.59 Å². The molecule has 0 unspecified atom stereocenters. The summed E-state index contributed by atoms with van der Waals surface area (Å²) < 4.78 is 0. The average molecular weight is 278 g/mol. The lowest BCUT2D eigenvalue weighted by Crippen LogP contribution is -2.35.